The van der Waals surface area contributed by atoms with E-state index in [0.717, 1.165) is 18.2 Å². The van der Waals surface area contributed by atoms with Crippen LogP contribution in [0.1, 0.15) is 15.9 Å². The van der Waals surface area contributed by atoms with Gasteiger partial charge in [0.2, 0.25) is 6.29 Å². The van der Waals surface area contributed by atoms with Crippen molar-refractivity contribution >= 4 is 18.0 Å². The highest BCUT2D eigenvalue weighted by molar-refractivity contribution is 5.91. The lowest BCUT2D eigenvalue weighted by Crippen LogP contribution is -2.60. The van der Waals surface area contributed by atoms with Crippen LogP contribution in [0.15, 0.2) is 48.5 Å². The molecule has 0 saturated carbocycles. The average molecular weight is 462 g/mol. The number of rotatable bonds is 6. The zero-order valence-electron chi connectivity index (χ0n) is 17.0. The van der Waals surface area contributed by atoms with Crippen molar-refractivity contribution in [3.8, 4) is 17.2 Å². The van der Waals surface area contributed by atoms with Crippen LogP contribution >= 0.6 is 0 Å². The Morgan fingerprint density at radius 1 is 0.970 bits per heavy atom. The third kappa shape index (κ3) is 5.59. The molecule has 1 aliphatic rings. The second kappa shape index (κ2) is 10.3. The lowest BCUT2D eigenvalue weighted by molar-refractivity contribution is -0.288. The number of carbonyl (C=O) groups is 2. The lowest BCUT2D eigenvalue weighted by atomic mass is 9.99. The van der Waals surface area contributed by atoms with Gasteiger partial charge in [0.15, 0.2) is 23.4 Å². The summed E-state index contributed by atoms with van der Waals surface area (Å²) in [6, 6.07) is 10.4. The van der Waals surface area contributed by atoms with E-state index in [9.17, 15) is 40.2 Å². The van der Waals surface area contributed by atoms with Crippen LogP contribution in [0, 0.1) is 0 Å². The van der Waals surface area contributed by atoms with Crippen molar-refractivity contribution in [3.05, 3.63) is 59.7 Å². The van der Waals surface area contributed by atoms with Gasteiger partial charge in [-0.25, -0.2) is 9.59 Å². The van der Waals surface area contributed by atoms with Crippen LogP contribution in [0.2, 0.25) is 0 Å². The smallest absolute Gasteiger partial charge is 0.340 e. The molecule has 1 aliphatic heterocycles. The highest BCUT2D eigenvalue weighted by atomic mass is 16.7. The van der Waals surface area contributed by atoms with Crippen molar-refractivity contribution in [1.29, 1.82) is 0 Å². The largest absolute Gasteiger partial charge is 0.504 e. The molecule has 0 spiro atoms. The van der Waals surface area contributed by atoms with Crippen LogP contribution in [0.3, 0.4) is 0 Å². The zero-order chi connectivity index (χ0) is 24.1. The summed E-state index contributed by atoms with van der Waals surface area (Å²) in [5.41, 5.74) is 0.284. The number of phenolic OH excluding ortho intramolecular Hbond substituents is 3. The first-order chi connectivity index (χ1) is 15.7. The van der Waals surface area contributed by atoms with E-state index >= 15 is 0 Å². The van der Waals surface area contributed by atoms with Crippen LogP contribution in [0.4, 0.5) is 0 Å². The number of aliphatic hydroxyl groups is 3. The number of carbonyl (C=O) groups excluding carboxylic acids is 2. The first-order valence-corrected chi connectivity index (χ1v) is 9.73. The molecule has 0 aliphatic carbocycles. The first-order valence-electron chi connectivity index (χ1n) is 9.73. The fraction of sp³-hybridized carbons (Fsp3) is 0.273. The van der Waals surface area contributed by atoms with Gasteiger partial charge in [0, 0.05) is 6.08 Å². The van der Waals surface area contributed by atoms with E-state index in [1.165, 1.54) is 6.08 Å². The summed E-state index contributed by atoms with van der Waals surface area (Å²) in [7, 11) is 0. The molecule has 3 rings (SSSR count). The van der Waals surface area contributed by atoms with Gasteiger partial charge in [0.05, 0.1) is 12.2 Å². The molecule has 176 valence electrons. The van der Waals surface area contributed by atoms with Crippen molar-refractivity contribution in [2.24, 2.45) is 0 Å². The molecule has 1 saturated heterocycles. The average Bonchev–Trinajstić information content (AvgIpc) is 2.81. The van der Waals surface area contributed by atoms with E-state index in [2.05, 4.69) is 0 Å². The highest BCUT2D eigenvalue weighted by Gasteiger charge is 2.48. The Morgan fingerprint density at radius 3 is 2.21 bits per heavy atom. The first kappa shape index (κ1) is 24.0. The van der Waals surface area contributed by atoms with E-state index in [0.29, 0.717) is 5.56 Å². The predicted molar refractivity (Wildman–Crippen MR) is 110 cm³/mol. The van der Waals surface area contributed by atoms with Crippen LogP contribution in [-0.4, -0.2) is 79.9 Å². The van der Waals surface area contributed by atoms with Crippen LogP contribution < -0.4 is 0 Å². The van der Waals surface area contributed by atoms with E-state index < -0.39 is 72.1 Å². The standard InChI is InChI=1S/C22H22O11/c23-10-15-18(28)19(29)20(32-16(26)7-6-11-4-2-1-3-5-11)22(31-15)33-21(30)12-8-13(24)17(27)14(25)9-12/h1-9,15,18-20,22-25,27-29H,10H2/b7-6+/t15-,18-,19+,20-,22?/m1/s1. The molecular formula is C22H22O11. The van der Waals surface area contributed by atoms with Crippen molar-refractivity contribution in [2.45, 2.75) is 30.7 Å². The van der Waals surface area contributed by atoms with Crippen LogP contribution in [0.25, 0.3) is 6.08 Å². The molecule has 0 amide bonds. The number of esters is 2. The van der Waals surface area contributed by atoms with Crippen LogP contribution in [0.5, 0.6) is 17.2 Å². The maximum absolute atomic E-state index is 12.5. The highest BCUT2D eigenvalue weighted by Crippen LogP contribution is 2.36. The summed E-state index contributed by atoms with van der Waals surface area (Å²) in [5, 5.41) is 58.5. The Balaban J connectivity index is 1.79. The van der Waals surface area contributed by atoms with Gasteiger partial charge in [-0.1, -0.05) is 30.3 Å². The topological polar surface area (TPSA) is 183 Å². The molecule has 5 atom stereocenters. The van der Waals surface area contributed by atoms with Gasteiger partial charge in [0.25, 0.3) is 0 Å². The summed E-state index contributed by atoms with van der Waals surface area (Å²) in [6.45, 7) is -0.748. The molecule has 2 aromatic carbocycles. The minimum Gasteiger partial charge on any atom is -0.504 e. The third-order valence-electron chi connectivity index (χ3n) is 4.82. The Kier molecular flexibility index (Phi) is 7.51. The number of phenols is 3. The van der Waals surface area contributed by atoms with Crippen molar-refractivity contribution < 1.29 is 54.4 Å². The summed E-state index contributed by atoms with van der Waals surface area (Å²) in [4.78, 5) is 24.8. The summed E-state index contributed by atoms with van der Waals surface area (Å²) in [5.74, 6) is -4.58. The minimum absolute atomic E-state index is 0.401. The van der Waals surface area contributed by atoms with Crippen molar-refractivity contribution in [1.82, 2.24) is 0 Å². The lowest BCUT2D eigenvalue weighted by Gasteiger charge is -2.40. The summed E-state index contributed by atoms with van der Waals surface area (Å²) in [6.07, 6.45) is -5.77. The number of benzene rings is 2. The Morgan fingerprint density at radius 2 is 1.61 bits per heavy atom. The predicted octanol–water partition coefficient (Wildman–Crippen LogP) is 0.0244. The zero-order valence-corrected chi connectivity index (χ0v) is 17.0. The maximum atomic E-state index is 12.5. The van der Waals surface area contributed by atoms with Gasteiger partial charge in [0.1, 0.15) is 18.3 Å². The molecule has 33 heavy (non-hydrogen) atoms. The number of aliphatic hydroxyl groups excluding tert-OH is 3. The molecule has 11 heteroatoms. The molecule has 2 aromatic rings. The Labute approximate surface area is 187 Å². The maximum Gasteiger partial charge on any atom is 0.340 e. The SMILES string of the molecule is O=C(/C=C/c1ccccc1)O[C@H]1C(OC(=O)c2cc(O)c(O)c(O)c2)O[C@H](CO)[C@@H](O)[C@@H]1O. The van der Waals surface area contributed by atoms with Gasteiger partial charge >= 0.3 is 11.9 Å². The molecule has 1 fully saturated rings. The van der Waals surface area contributed by atoms with Gasteiger partial charge in [-0.15, -0.1) is 0 Å². The molecule has 6 N–H and O–H groups in total. The van der Waals surface area contributed by atoms with E-state index in [1.807, 2.05) is 0 Å². The normalized spacial score (nSPS) is 25.0. The second-order valence-electron chi connectivity index (χ2n) is 7.12. The Hall–Kier alpha value is -3.64. The monoisotopic (exact) mass is 462 g/mol. The fourth-order valence-electron chi connectivity index (χ4n) is 3.07. The molecule has 0 aromatic heterocycles. The van der Waals surface area contributed by atoms with Gasteiger partial charge in [-0.2, -0.15) is 0 Å². The molecule has 0 radical (unpaired) electrons. The summed E-state index contributed by atoms with van der Waals surface area (Å²) >= 11 is 0. The molecule has 1 unspecified atom stereocenters. The molecular weight excluding hydrogens is 440 g/mol. The van der Waals surface area contributed by atoms with Crippen molar-refractivity contribution in [2.75, 3.05) is 6.61 Å². The van der Waals surface area contributed by atoms with Crippen LogP contribution in [-0.2, 0) is 19.0 Å². The summed E-state index contributed by atoms with van der Waals surface area (Å²) < 4.78 is 15.5. The minimum atomic E-state index is -1.79. The van der Waals surface area contributed by atoms with Gasteiger partial charge in [-0.3, -0.25) is 0 Å². The van der Waals surface area contributed by atoms with Gasteiger partial charge < -0.3 is 44.8 Å². The third-order valence-corrected chi connectivity index (χ3v) is 4.82. The van der Waals surface area contributed by atoms with Crippen molar-refractivity contribution in [3.63, 3.8) is 0 Å². The number of hydrogen-bond donors (Lipinski definition) is 6. The van der Waals surface area contributed by atoms with E-state index in [1.54, 1.807) is 30.3 Å². The molecule has 1 heterocycles. The molecule has 11 nitrogen and oxygen atoms in total. The second-order valence-corrected chi connectivity index (χ2v) is 7.12. The quantitative estimate of drug-likeness (QED) is 0.193. The number of aromatic hydroxyl groups is 3. The van der Waals surface area contributed by atoms with Gasteiger partial charge in [-0.05, 0) is 23.8 Å². The molecule has 0 bridgehead atoms. The fourth-order valence-corrected chi connectivity index (χ4v) is 3.07. The number of ether oxygens (including phenoxy) is 3. The van der Waals surface area contributed by atoms with E-state index in [4.69, 9.17) is 14.2 Å². The van der Waals surface area contributed by atoms with E-state index in [-0.39, 0.29) is 0 Å². The number of hydrogen-bond acceptors (Lipinski definition) is 11. The Bertz CT molecular complexity index is 997.